The minimum absolute atomic E-state index is 0.755. The predicted molar refractivity (Wildman–Crippen MR) is 65.2 cm³/mol. The fourth-order valence-corrected chi connectivity index (χ4v) is 1.65. The van der Waals surface area contributed by atoms with E-state index < -0.39 is 0 Å². The lowest BCUT2D eigenvalue weighted by Gasteiger charge is -2.11. The summed E-state index contributed by atoms with van der Waals surface area (Å²) >= 11 is 1.71. The van der Waals surface area contributed by atoms with E-state index in [1.165, 1.54) is 4.90 Å². The summed E-state index contributed by atoms with van der Waals surface area (Å²) in [6.45, 7) is 2.91. The first kappa shape index (κ1) is 12.2. The molecule has 2 nitrogen and oxygen atoms in total. The van der Waals surface area contributed by atoms with Crippen molar-refractivity contribution in [3.63, 3.8) is 0 Å². The fraction of sp³-hybridized carbons (Fsp3) is 0.500. The third kappa shape index (κ3) is 3.67. The molecule has 1 aromatic rings. The Bertz CT molecular complexity index is 300. The molecule has 3 heteroatoms. The van der Waals surface area contributed by atoms with Crippen molar-refractivity contribution in [3.05, 3.63) is 18.2 Å². The Morgan fingerprint density at radius 1 is 1.27 bits per heavy atom. The van der Waals surface area contributed by atoms with Crippen molar-refractivity contribution in [2.45, 2.75) is 24.7 Å². The Morgan fingerprint density at radius 3 is 2.67 bits per heavy atom. The topological polar surface area (TPSA) is 18.5 Å². The molecular weight excluding hydrogens is 208 g/mol. The predicted octanol–water partition coefficient (Wildman–Crippen LogP) is 3.60. The highest BCUT2D eigenvalue weighted by Gasteiger charge is 2.04. The van der Waals surface area contributed by atoms with E-state index in [0.29, 0.717) is 0 Å². The summed E-state index contributed by atoms with van der Waals surface area (Å²) in [5, 5.41) is 0. The van der Waals surface area contributed by atoms with E-state index in [2.05, 4.69) is 13.2 Å². The minimum atomic E-state index is 0.755. The summed E-state index contributed by atoms with van der Waals surface area (Å²) in [7, 11) is 1.67. The van der Waals surface area contributed by atoms with E-state index in [-0.39, 0.29) is 0 Å². The number of ether oxygens (including phenoxy) is 2. The average Bonchev–Trinajstić information content (AvgIpc) is 2.29. The van der Waals surface area contributed by atoms with Gasteiger partial charge in [0, 0.05) is 4.90 Å². The van der Waals surface area contributed by atoms with Crippen molar-refractivity contribution in [2.75, 3.05) is 20.0 Å². The summed E-state index contributed by atoms with van der Waals surface area (Å²) in [6, 6.07) is 6.02. The van der Waals surface area contributed by atoms with Crippen molar-refractivity contribution in [1.82, 2.24) is 0 Å². The van der Waals surface area contributed by atoms with Crippen molar-refractivity contribution in [1.29, 1.82) is 0 Å². The van der Waals surface area contributed by atoms with Crippen LogP contribution in [0.2, 0.25) is 0 Å². The largest absolute Gasteiger partial charge is 0.493 e. The Morgan fingerprint density at radius 2 is 2.07 bits per heavy atom. The molecule has 0 spiro atoms. The van der Waals surface area contributed by atoms with Gasteiger partial charge in [-0.05, 0) is 30.9 Å². The number of thioether (sulfide) groups is 1. The molecule has 0 aliphatic carbocycles. The minimum Gasteiger partial charge on any atom is -0.493 e. The molecule has 0 aliphatic heterocycles. The van der Waals surface area contributed by atoms with Gasteiger partial charge in [0.25, 0.3) is 0 Å². The Labute approximate surface area is 96.0 Å². The van der Waals surface area contributed by atoms with Crippen LogP contribution in [0, 0.1) is 0 Å². The second-order valence-corrected chi connectivity index (χ2v) is 4.10. The number of methoxy groups -OCH3 is 1. The number of hydrogen-bond donors (Lipinski definition) is 0. The van der Waals surface area contributed by atoms with Crippen molar-refractivity contribution in [3.8, 4) is 11.5 Å². The number of hydrogen-bond acceptors (Lipinski definition) is 3. The van der Waals surface area contributed by atoms with Crippen LogP contribution < -0.4 is 9.47 Å². The van der Waals surface area contributed by atoms with Crippen LogP contribution in [-0.4, -0.2) is 20.0 Å². The number of rotatable bonds is 6. The average molecular weight is 226 g/mol. The molecular formula is C12H18O2S. The molecule has 0 N–H and O–H groups in total. The first-order valence-corrected chi connectivity index (χ1v) is 6.39. The van der Waals surface area contributed by atoms with Gasteiger partial charge in [-0.15, -0.1) is 11.8 Å². The highest BCUT2D eigenvalue weighted by molar-refractivity contribution is 7.98. The smallest absolute Gasteiger partial charge is 0.162 e. The summed E-state index contributed by atoms with van der Waals surface area (Å²) in [4.78, 5) is 1.20. The molecule has 0 aromatic heterocycles. The first-order valence-electron chi connectivity index (χ1n) is 5.16. The molecule has 0 amide bonds. The molecule has 0 atom stereocenters. The van der Waals surface area contributed by atoms with E-state index in [0.717, 1.165) is 30.9 Å². The molecule has 0 heterocycles. The highest BCUT2D eigenvalue weighted by Crippen LogP contribution is 2.31. The lowest BCUT2D eigenvalue weighted by molar-refractivity contribution is 0.287. The lowest BCUT2D eigenvalue weighted by atomic mass is 10.3. The quantitative estimate of drug-likeness (QED) is 0.545. The maximum atomic E-state index is 5.67. The van der Waals surface area contributed by atoms with Gasteiger partial charge >= 0.3 is 0 Å². The van der Waals surface area contributed by atoms with E-state index in [1.54, 1.807) is 18.9 Å². The van der Waals surface area contributed by atoms with E-state index in [9.17, 15) is 0 Å². The Balaban J connectivity index is 2.72. The monoisotopic (exact) mass is 226 g/mol. The summed E-state index contributed by atoms with van der Waals surface area (Å²) < 4.78 is 10.9. The van der Waals surface area contributed by atoms with Crippen LogP contribution in [0.25, 0.3) is 0 Å². The van der Waals surface area contributed by atoms with Crippen LogP contribution in [-0.2, 0) is 0 Å². The molecule has 84 valence electrons. The third-order valence-electron chi connectivity index (χ3n) is 2.13. The summed E-state index contributed by atoms with van der Waals surface area (Å²) in [5.41, 5.74) is 0. The molecule has 0 saturated carbocycles. The second kappa shape index (κ2) is 6.62. The summed E-state index contributed by atoms with van der Waals surface area (Å²) in [6.07, 6.45) is 4.27. The molecule has 0 fully saturated rings. The molecule has 0 unspecified atom stereocenters. The van der Waals surface area contributed by atoms with E-state index in [4.69, 9.17) is 9.47 Å². The van der Waals surface area contributed by atoms with E-state index in [1.807, 2.05) is 18.2 Å². The maximum absolute atomic E-state index is 5.67. The van der Waals surface area contributed by atoms with Gasteiger partial charge in [-0.2, -0.15) is 0 Å². The molecule has 1 rings (SSSR count). The van der Waals surface area contributed by atoms with Gasteiger partial charge in [0.2, 0.25) is 0 Å². The molecule has 0 bridgehead atoms. The maximum Gasteiger partial charge on any atom is 0.162 e. The van der Waals surface area contributed by atoms with Gasteiger partial charge in [-0.1, -0.05) is 13.3 Å². The van der Waals surface area contributed by atoms with Gasteiger partial charge in [0.05, 0.1) is 13.7 Å². The lowest BCUT2D eigenvalue weighted by Crippen LogP contribution is -1.98. The third-order valence-corrected chi connectivity index (χ3v) is 2.85. The van der Waals surface area contributed by atoms with Crippen LogP contribution in [0.4, 0.5) is 0 Å². The van der Waals surface area contributed by atoms with Gasteiger partial charge in [0.15, 0.2) is 11.5 Å². The van der Waals surface area contributed by atoms with Crippen LogP contribution in [0.15, 0.2) is 23.1 Å². The van der Waals surface area contributed by atoms with E-state index >= 15 is 0 Å². The molecule has 0 radical (unpaired) electrons. The van der Waals surface area contributed by atoms with Gasteiger partial charge < -0.3 is 9.47 Å². The Kier molecular flexibility index (Phi) is 5.40. The molecule has 15 heavy (non-hydrogen) atoms. The zero-order valence-corrected chi connectivity index (χ0v) is 10.4. The first-order chi connectivity index (χ1) is 7.31. The normalized spacial score (nSPS) is 10.1. The van der Waals surface area contributed by atoms with Gasteiger partial charge in [0.1, 0.15) is 0 Å². The number of benzene rings is 1. The van der Waals surface area contributed by atoms with Crippen LogP contribution in [0.5, 0.6) is 11.5 Å². The number of unbranched alkanes of at least 4 members (excludes halogenated alkanes) is 1. The zero-order valence-electron chi connectivity index (χ0n) is 9.58. The van der Waals surface area contributed by atoms with Crippen LogP contribution in [0.3, 0.4) is 0 Å². The van der Waals surface area contributed by atoms with Crippen molar-refractivity contribution in [2.24, 2.45) is 0 Å². The van der Waals surface area contributed by atoms with Gasteiger partial charge in [-0.25, -0.2) is 0 Å². The standard InChI is InChI=1S/C12H18O2S/c1-4-5-8-14-12-9-10(15-3)6-7-11(12)13-2/h6-7,9H,4-5,8H2,1-3H3. The molecule has 1 aromatic carbocycles. The van der Waals surface area contributed by atoms with Crippen LogP contribution >= 0.6 is 11.8 Å². The zero-order chi connectivity index (χ0) is 11.1. The van der Waals surface area contributed by atoms with Crippen molar-refractivity contribution < 1.29 is 9.47 Å². The molecule has 0 saturated heterocycles. The summed E-state index contributed by atoms with van der Waals surface area (Å²) in [5.74, 6) is 1.65. The second-order valence-electron chi connectivity index (χ2n) is 3.22. The van der Waals surface area contributed by atoms with Crippen LogP contribution in [0.1, 0.15) is 19.8 Å². The van der Waals surface area contributed by atoms with Crippen molar-refractivity contribution >= 4 is 11.8 Å². The SMILES string of the molecule is CCCCOc1cc(SC)ccc1OC. The fourth-order valence-electron chi connectivity index (χ4n) is 1.22. The van der Waals surface area contributed by atoms with Gasteiger partial charge in [-0.3, -0.25) is 0 Å². The Hall–Kier alpha value is -0.830. The molecule has 0 aliphatic rings. The highest BCUT2D eigenvalue weighted by atomic mass is 32.2.